The second-order valence-electron chi connectivity index (χ2n) is 5.46. The Morgan fingerprint density at radius 2 is 2.05 bits per heavy atom. The molecule has 2 aromatic carbocycles. The largest absolute Gasteiger partial charge is 0.324 e. The van der Waals surface area contributed by atoms with Gasteiger partial charge in [0.25, 0.3) is 0 Å². The minimum Gasteiger partial charge on any atom is -0.324 e. The fraction of sp³-hybridized carbons (Fsp3) is 0.235. The van der Waals surface area contributed by atoms with E-state index in [1.54, 1.807) is 0 Å². The van der Waals surface area contributed by atoms with Gasteiger partial charge < -0.3 is 5.32 Å². The first kappa shape index (κ1) is 14.1. The van der Waals surface area contributed by atoms with Crippen molar-refractivity contribution >= 4 is 23.2 Å². The van der Waals surface area contributed by atoms with E-state index in [2.05, 4.69) is 16.7 Å². The van der Waals surface area contributed by atoms with Gasteiger partial charge in [-0.15, -0.1) is 0 Å². The van der Waals surface area contributed by atoms with E-state index in [0.717, 1.165) is 22.4 Å². The molecular weight excluding hydrogens is 284 g/mol. The highest BCUT2D eigenvalue weighted by Gasteiger charge is 2.31. The molecule has 2 N–H and O–H groups in total. The molecule has 3 nitrogen and oxygen atoms in total. The third kappa shape index (κ3) is 2.80. The second kappa shape index (κ2) is 5.51. The number of fused-ring (bicyclic) bond motifs is 1. The summed E-state index contributed by atoms with van der Waals surface area (Å²) in [6, 6.07) is 13.4. The van der Waals surface area contributed by atoms with Gasteiger partial charge in [-0.3, -0.25) is 10.1 Å². The summed E-state index contributed by atoms with van der Waals surface area (Å²) >= 11 is 6.03. The molecule has 1 aliphatic rings. The van der Waals surface area contributed by atoms with E-state index in [9.17, 15) is 4.79 Å². The standard InChI is InChI=1S/C17H17ClN2O/c1-10-6-7-15-14(8-10)16(17(21)20-15)19-11(2)12-4-3-5-13(18)9-12/h3-9,11,16,19H,1-2H3,(H,20,21). The van der Waals surface area contributed by atoms with Crippen LogP contribution in [0.15, 0.2) is 42.5 Å². The number of aryl methyl sites for hydroxylation is 1. The molecule has 2 aromatic rings. The van der Waals surface area contributed by atoms with Gasteiger partial charge in [-0.25, -0.2) is 0 Å². The molecule has 1 amide bonds. The third-order valence-corrected chi connectivity index (χ3v) is 4.04. The quantitative estimate of drug-likeness (QED) is 0.900. The number of carbonyl (C=O) groups is 1. The van der Waals surface area contributed by atoms with Crippen molar-refractivity contribution in [2.45, 2.75) is 25.9 Å². The first-order chi connectivity index (χ1) is 10.0. The first-order valence-electron chi connectivity index (χ1n) is 6.97. The summed E-state index contributed by atoms with van der Waals surface area (Å²) in [5, 5.41) is 7.00. The van der Waals surface area contributed by atoms with Gasteiger partial charge in [0.05, 0.1) is 0 Å². The normalized spacial score (nSPS) is 18.2. The third-order valence-electron chi connectivity index (χ3n) is 3.80. The predicted octanol–water partition coefficient (Wildman–Crippen LogP) is 3.99. The van der Waals surface area contributed by atoms with Crippen LogP contribution in [0.1, 0.15) is 35.7 Å². The monoisotopic (exact) mass is 300 g/mol. The molecule has 0 fully saturated rings. The van der Waals surface area contributed by atoms with Crippen LogP contribution in [-0.4, -0.2) is 5.91 Å². The smallest absolute Gasteiger partial charge is 0.246 e. The van der Waals surface area contributed by atoms with Gasteiger partial charge in [-0.1, -0.05) is 41.4 Å². The minimum absolute atomic E-state index is 0.00974. The van der Waals surface area contributed by atoms with E-state index in [4.69, 9.17) is 11.6 Å². The highest BCUT2D eigenvalue weighted by molar-refractivity contribution is 6.30. The Hall–Kier alpha value is -1.84. The summed E-state index contributed by atoms with van der Waals surface area (Å²) in [5.41, 5.74) is 4.11. The molecule has 1 heterocycles. The number of hydrogen-bond donors (Lipinski definition) is 2. The van der Waals surface area contributed by atoms with Gasteiger partial charge in [0, 0.05) is 22.3 Å². The molecule has 0 spiro atoms. The number of anilines is 1. The molecule has 1 aliphatic heterocycles. The highest BCUT2D eigenvalue weighted by atomic mass is 35.5. The Morgan fingerprint density at radius 1 is 1.24 bits per heavy atom. The molecule has 108 valence electrons. The SMILES string of the molecule is Cc1ccc2c(c1)C(NC(C)c1cccc(Cl)c1)C(=O)N2. The Bertz CT molecular complexity index is 699. The van der Waals surface area contributed by atoms with E-state index >= 15 is 0 Å². The van der Waals surface area contributed by atoms with Crippen molar-refractivity contribution in [2.24, 2.45) is 0 Å². The van der Waals surface area contributed by atoms with Gasteiger partial charge in [0.2, 0.25) is 5.91 Å². The Kier molecular flexibility index (Phi) is 3.70. The highest BCUT2D eigenvalue weighted by Crippen LogP contribution is 2.33. The molecule has 0 aliphatic carbocycles. The second-order valence-corrected chi connectivity index (χ2v) is 5.89. The maximum Gasteiger partial charge on any atom is 0.246 e. The summed E-state index contributed by atoms with van der Waals surface area (Å²) in [6.07, 6.45) is 0. The zero-order valence-electron chi connectivity index (χ0n) is 12.0. The van der Waals surface area contributed by atoms with Gasteiger partial charge >= 0.3 is 0 Å². The van der Waals surface area contributed by atoms with Crippen molar-refractivity contribution in [1.82, 2.24) is 5.32 Å². The molecule has 4 heteroatoms. The van der Waals surface area contributed by atoms with Crippen molar-refractivity contribution in [2.75, 3.05) is 5.32 Å². The molecular formula is C17H17ClN2O. The van der Waals surface area contributed by atoms with Crippen LogP contribution in [0.3, 0.4) is 0 Å². The molecule has 0 radical (unpaired) electrons. The first-order valence-corrected chi connectivity index (χ1v) is 7.35. The number of amides is 1. The summed E-state index contributed by atoms with van der Waals surface area (Å²) in [6.45, 7) is 4.06. The maximum atomic E-state index is 12.2. The molecule has 2 atom stereocenters. The van der Waals surface area contributed by atoms with Crippen molar-refractivity contribution in [3.8, 4) is 0 Å². The van der Waals surface area contributed by atoms with Crippen LogP contribution in [0, 0.1) is 6.92 Å². The Labute approximate surface area is 129 Å². The zero-order chi connectivity index (χ0) is 15.0. The lowest BCUT2D eigenvalue weighted by atomic mass is 10.0. The van der Waals surface area contributed by atoms with Crippen molar-refractivity contribution in [3.63, 3.8) is 0 Å². The lowest BCUT2D eigenvalue weighted by Crippen LogP contribution is -2.29. The van der Waals surface area contributed by atoms with Gasteiger partial charge in [0.15, 0.2) is 0 Å². The van der Waals surface area contributed by atoms with Gasteiger partial charge in [-0.2, -0.15) is 0 Å². The average Bonchev–Trinajstić information content (AvgIpc) is 2.75. The van der Waals surface area contributed by atoms with Crippen LogP contribution in [0.25, 0.3) is 0 Å². The average molecular weight is 301 g/mol. The summed E-state index contributed by atoms with van der Waals surface area (Å²) in [7, 11) is 0. The molecule has 0 saturated heterocycles. The van der Waals surface area contributed by atoms with Crippen LogP contribution in [0.2, 0.25) is 5.02 Å². The lowest BCUT2D eigenvalue weighted by Gasteiger charge is -2.19. The molecule has 0 saturated carbocycles. The van der Waals surface area contributed by atoms with Gasteiger partial charge in [-0.05, 0) is 37.6 Å². The van der Waals surface area contributed by atoms with Crippen molar-refractivity contribution < 1.29 is 4.79 Å². The van der Waals surface area contributed by atoms with Crippen LogP contribution in [0.4, 0.5) is 5.69 Å². The molecule has 0 aromatic heterocycles. The number of benzene rings is 2. The fourth-order valence-corrected chi connectivity index (χ4v) is 2.87. The topological polar surface area (TPSA) is 41.1 Å². The predicted molar refractivity (Wildman–Crippen MR) is 85.6 cm³/mol. The van der Waals surface area contributed by atoms with Crippen LogP contribution >= 0.6 is 11.6 Å². The lowest BCUT2D eigenvalue weighted by molar-refractivity contribution is -0.117. The molecule has 0 bridgehead atoms. The van der Waals surface area contributed by atoms with Crippen LogP contribution in [-0.2, 0) is 4.79 Å². The number of nitrogens with one attached hydrogen (secondary N) is 2. The maximum absolute atomic E-state index is 12.2. The van der Waals surface area contributed by atoms with E-state index in [-0.39, 0.29) is 18.0 Å². The van der Waals surface area contributed by atoms with Crippen LogP contribution < -0.4 is 10.6 Å². The van der Waals surface area contributed by atoms with Crippen molar-refractivity contribution in [3.05, 3.63) is 64.2 Å². The fourth-order valence-electron chi connectivity index (χ4n) is 2.67. The molecule has 2 unspecified atom stereocenters. The van der Waals surface area contributed by atoms with E-state index in [0.29, 0.717) is 5.02 Å². The van der Waals surface area contributed by atoms with E-state index in [1.165, 1.54) is 0 Å². The summed E-state index contributed by atoms with van der Waals surface area (Å²) < 4.78 is 0. The minimum atomic E-state index is -0.325. The number of carbonyl (C=O) groups excluding carboxylic acids is 1. The van der Waals surface area contributed by atoms with E-state index < -0.39 is 0 Å². The molecule has 3 rings (SSSR count). The summed E-state index contributed by atoms with van der Waals surface area (Å²) in [5.74, 6) is -0.00974. The Balaban J connectivity index is 1.85. The van der Waals surface area contributed by atoms with E-state index in [1.807, 2.05) is 50.2 Å². The number of hydrogen-bond acceptors (Lipinski definition) is 2. The zero-order valence-corrected chi connectivity index (χ0v) is 12.7. The van der Waals surface area contributed by atoms with Crippen LogP contribution in [0.5, 0.6) is 0 Å². The number of halogens is 1. The summed E-state index contributed by atoms with van der Waals surface area (Å²) in [4.78, 5) is 12.2. The van der Waals surface area contributed by atoms with Gasteiger partial charge in [0.1, 0.15) is 6.04 Å². The number of rotatable bonds is 3. The Morgan fingerprint density at radius 3 is 2.81 bits per heavy atom. The molecule has 21 heavy (non-hydrogen) atoms. The van der Waals surface area contributed by atoms with Crippen molar-refractivity contribution in [1.29, 1.82) is 0 Å².